The number of esters is 2. The molecule has 0 radical (unpaired) electrons. The maximum absolute atomic E-state index is 14.0. The molecule has 4 aromatic rings. The number of halogens is 3. The number of benzene rings is 4. The second-order valence-corrected chi connectivity index (χ2v) is 10.5. The Morgan fingerprint density at radius 2 is 0.870 bits per heavy atom. The van der Waals surface area contributed by atoms with E-state index in [0.29, 0.717) is 22.6 Å². The molecule has 232 valence electrons. The highest BCUT2D eigenvalue weighted by Crippen LogP contribution is 2.34. The smallest absolute Gasteiger partial charge is 0.417 e. The molecule has 0 N–H and O–H groups in total. The van der Waals surface area contributed by atoms with E-state index in [0.717, 1.165) is 28.3 Å². The fraction of sp³-hybridized carbons (Fsp3) is 0.0769. The minimum atomic E-state index is -4.54. The lowest BCUT2D eigenvalue weighted by Gasteiger charge is -2.11. The van der Waals surface area contributed by atoms with E-state index in [2.05, 4.69) is 13.2 Å². The summed E-state index contributed by atoms with van der Waals surface area (Å²) in [7, 11) is 0. The summed E-state index contributed by atoms with van der Waals surface area (Å²) < 4.78 is 52.3. The second-order valence-electron chi connectivity index (χ2n) is 10.5. The van der Waals surface area contributed by atoms with Gasteiger partial charge in [0, 0.05) is 11.1 Å². The zero-order valence-electron chi connectivity index (χ0n) is 25.3. The number of ether oxygens (including phenoxy) is 2. The van der Waals surface area contributed by atoms with Gasteiger partial charge in [-0.3, -0.25) is 0 Å². The van der Waals surface area contributed by atoms with Crippen LogP contribution in [0, 0.1) is 0 Å². The highest BCUT2D eigenvalue weighted by Gasteiger charge is 2.32. The quantitative estimate of drug-likeness (QED) is 0.0766. The standard InChI is InChI=1S/C39H31F3O4/c1-26(2)37(43)45-34-21-15-30(16-22-34)10-7-28-5-8-29(9-6-28)13-19-33-20-14-32(25-36(33)39(40,41)42)12-11-31-17-23-35(24-18-31)46-38(44)27(3)4/h5-25H,1,3H2,2,4H3. The summed E-state index contributed by atoms with van der Waals surface area (Å²) in [5, 5.41) is 0. The van der Waals surface area contributed by atoms with Gasteiger partial charge in [0.25, 0.3) is 0 Å². The lowest BCUT2D eigenvalue weighted by atomic mass is 10.0. The summed E-state index contributed by atoms with van der Waals surface area (Å²) in [4.78, 5) is 23.3. The van der Waals surface area contributed by atoms with Crippen LogP contribution in [0.15, 0.2) is 115 Å². The van der Waals surface area contributed by atoms with Crippen LogP contribution in [0.1, 0.15) is 52.8 Å². The summed E-state index contributed by atoms with van der Waals surface area (Å²) in [6, 6.07) is 25.2. The first kappa shape index (κ1) is 33.2. The predicted molar refractivity (Wildman–Crippen MR) is 178 cm³/mol. The highest BCUT2D eigenvalue weighted by molar-refractivity contribution is 5.89. The average molecular weight is 621 g/mol. The molecule has 7 heteroatoms. The molecule has 0 aliphatic carbocycles. The molecule has 0 aromatic heterocycles. The van der Waals surface area contributed by atoms with E-state index in [1.807, 2.05) is 48.6 Å². The van der Waals surface area contributed by atoms with E-state index in [4.69, 9.17) is 9.47 Å². The van der Waals surface area contributed by atoms with E-state index in [-0.39, 0.29) is 11.1 Å². The lowest BCUT2D eigenvalue weighted by Crippen LogP contribution is -2.07. The Hall–Kier alpha value is -5.69. The number of hydrogen-bond donors (Lipinski definition) is 0. The maximum Gasteiger partial charge on any atom is 0.417 e. The minimum absolute atomic E-state index is 0.0506. The van der Waals surface area contributed by atoms with Crippen molar-refractivity contribution in [3.63, 3.8) is 0 Å². The van der Waals surface area contributed by atoms with Crippen LogP contribution in [0.3, 0.4) is 0 Å². The van der Waals surface area contributed by atoms with Gasteiger partial charge in [0.05, 0.1) is 5.56 Å². The molecule has 4 nitrogen and oxygen atoms in total. The first-order chi connectivity index (χ1) is 21.9. The third kappa shape index (κ3) is 9.66. The van der Waals surface area contributed by atoms with Gasteiger partial charge in [0.15, 0.2) is 0 Å². The molecule has 0 spiro atoms. The summed E-state index contributed by atoms with van der Waals surface area (Å²) in [5.41, 5.74) is 3.57. The van der Waals surface area contributed by atoms with Crippen LogP contribution in [0.2, 0.25) is 0 Å². The zero-order valence-corrected chi connectivity index (χ0v) is 25.3. The molecule has 0 amide bonds. The predicted octanol–water partition coefficient (Wildman–Crippen LogP) is 10.2. The molecule has 46 heavy (non-hydrogen) atoms. The van der Waals surface area contributed by atoms with Crippen molar-refractivity contribution < 1.29 is 32.2 Å². The van der Waals surface area contributed by atoms with Gasteiger partial charge in [-0.2, -0.15) is 13.2 Å². The molecule has 0 aliphatic heterocycles. The van der Waals surface area contributed by atoms with Crippen molar-refractivity contribution >= 4 is 48.4 Å². The highest BCUT2D eigenvalue weighted by atomic mass is 19.4. The van der Waals surface area contributed by atoms with Gasteiger partial charge in [-0.15, -0.1) is 0 Å². The monoisotopic (exact) mass is 620 g/mol. The van der Waals surface area contributed by atoms with Crippen molar-refractivity contribution in [2.75, 3.05) is 0 Å². The summed E-state index contributed by atoms with van der Waals surface area (Å²) in [6.07, 6.45) is 5.63. The van der Waals surface area contributed by atoms with Crippen molar-refractivity contribution in [3.8, 4) is 11.5 Å². The van der Waals surface area contributed by atoms with Crippen molar-refractivity contribution in [1.29, 1.82) is 0 Å². The van der Waals surface area contributed by atoms with Crippen LogP contribution in [-0.2, 0) is 15.8 Å². The van der Waals surface area contributed by atoms with E-state index >= 15 is 0 Å². The number of carbonyl (C=O) groups excluding carboxylic acids is 2. The molecule has 0 aliphatic rings. The first-order valence-corrected chi connectivity index (χ1v) is 14.2. The first-order valence-electron chi connectivity index (χ1n) is 14.2. The zero-order chi connectivity index (χ0) is 33.3. The fourth-order valence-corrected chi connectivity index (χ4v) is 4.04. The summed E-state index contributed by atoms with van der Waals surface area (Å²) in [5.74, 6) is -0.248. The van der Waals surface area contributed by atoms with Gasteiger partial charge in [-0.1, -0.05) is 110 Å². The Kier molecular flexibility index (Phi) is 10.7. The second kappa shape index (κ2) is 14.9. The summed E-state index contributed by atoms with van der Waals surface area (Å²) >= 11 is 0. The molecule has 0 fully saturated rings. The third-order valence-electron chi connectivity index (χ3n) is 6.59. The fourth-order valence-electron chi connectivity index (χ4n) is 4.04. The van der Waals surface area contributed by atoms with Gasteiger partial charge >= 0.3 is 18.1 Å². The third-order valence-corrected chi connectivity index (χ3v) is 6.59. The lowest BCUT2D eigenvalue weighted by molar-refractivity contribution is -0.137. The topological polar surface area (TPSA) is 52.6 Å². The van der Waals surface area contributed by atoms with Crippen LogP contribution < -0.4 is 9.47 Å². The Bertz CT molecular complexity index is 1820. The van der Waals surface area contributed by atoms with Crippen LogP contribution in [0.5, 0.6) is 11.5 Å². The van der Waals surface area contributed by atoms with Crippen LogP contribution in [-0.4, -0.2) is 11.9 Å². The van der Waals surface area contributed by atoms with Crippen molar-refractivity contribution in [2.45, 2.75) is 20.0 Å². The van der Waals surface area contributed by atoms with Gasteiger partial charge in [0.2, 0.25) is 0 Å². The largest absolute Gasteiger partial charge is 0.423 e. The van der Waals surface area contributed by atoms with Gasteiger partial charge in [-0.05, 0) is 77.6 Å². The van der Waals surface area contributed by atoms with Crippen LogP contribution >= 0.6 is 0 Å². The number of rotatable bonds is 10. The Morgan fingerprint density at radius 3 is 1.24 bits per heavy atom. The van der Waals surface area contributed by atoms with E-state index in [1.165, 1.54) is 12.1 Å². The molecule has 4 rings (SSSR count). The molecule has 4 aromatic carbocycles. The van der Waals surface area contributed by atoms with Crippen LogP contribution in [0.25, 0.3) is 36.5 Å². The minimum Gasteiger partial charge on any atom is -0.423 e. The van der Waals surface area contributed by atoms with Crippen LogP contribution in [0.4, 0.5) is 13.2 Å². The average Bonchev–Trinajstić information content (AvgIpc) is 3.03. The molecule has 0 unspecified atom stereocenters. The van der Waals surface area contributed by atoms with Gasteiger partial charge in [-0.25, -0.2) is 9.59 Å². The summed E-state index contributed by atoms with van der Waals surface area (Å²) in [6.45, 7) is 10.2. The Labute approximate surface area is 266 Å². The Balaban J connectivity index is 1.41. The van der Waals surface area contributed by atoms with Crippen molar-refractivity contribution in [2.24, 2.45) is 0 Å². The number of hydrogen-bond acceptors (Lipinski definition) is 4. The number of alkyl halides is 3. The SMILES string of the molecule is C=C(C)C(=O)Oc1ccc(C=Cc2ccc(C=Cc3ccc(C=Cc4ccc(OC(=O)C(=C)C)cc4)cc3C(F)(F)F)cc2)cc1. The number of carbonyl (C=O) groups is 2. The van der Waals surface area contributed by atoms with Gasteiger partial charge in [0.1, 0.15) is 11.5 Å². The molecule has 0 saturated carbocycles. The van der Waals surface area contributed by atoms with Crippen molar-refractivity contribution in [1.82, 2.24) is 0 Å². The van der Waals surface area contributed by atoms with E-state index < -0.39 is 23.7 Å². The van der Waals surface area contributed by atoms with E-state index in [1.54, 1.807) is 74.5 Å². The van der Waals surface area contributed by atoms with Gasteiger partial charge < -0.3 is 9.47 Å². The molecule has 0 heterocycles. The Morgan fingerprint density at radius 1 is 0.543 bits per heavy atom. The maximum atomic E-state index is 14.0. The molecule has 0 bridgehead atoms. The molecular formula is C39H31F3O4. The van der Waals surface area contributed by atoms with Crippen molar-refractivity contribution in [3.05, 3.63) is 154 Å². The molecule has 0 saturated heterocycles. The molecular weight excluding hydrogens is 589 g/mol. The van der Waals surface area contributed by atoms with E-state index in [9.17, 15) is 22.8 Å². The normalized spacial score (nSPS) is 11.7. The molecule has 0 atom stereocenters.